The van der Waals surface area contributed by atoms with Gasteiger partial charge in [0.15, 0.2) is 5.75 Å². The topological polar surface area (TPSA) is 90.4 Å². The van der Waals surface area contributed by atoms with E-state index in [1.165, 1.54) is 18.3 Å². The lowest BCUT2D eigenvalue weighted by atomic mass is 10.1. The number of hydrogen-bond acceptors (Lipinski definition) is 5. The van der Waals surface area contributed by atoms with Gasteiger partial charge in [-0.3, -0.25) is 14.8 Å². The van der Waals surface area contributed by atoms with Crippen molar-refractivity contribution in [1.29, 1.82) is 0 Å². The minimum absolute atomic E-state index is 0.118. The lowest BCUT2D eigenvalue weighted by molar-refractivity contribution is -0.385. The minimum atomic E-state index is -0.776. The molecule has 0 aliphatic carbocycles. The van der Waals surface area contributed by atoms with Crippen molar-refractivity contribution in [2.45, 2.75) is 32.9 Å². The zero-order chi connectivity index (χ0) is 15.6. The average Bonchev–Trinajstić information content (AvgIpc) is 2.87. The van der Waals surface area contributed by atoms with Gasteiger partial charge in [-0.2, -0.15) is 5.10 Å². The molecule has 0 spiro atoms. The normalized spacial score (nSPS) is 12.4. The van der Waals surface area contributed by atoms with E-state index < -0.39 is 11.0 Å². The molecule has 0 unspecified atom stereocenters. The highest BCUT2D eigenvalue weighted by molar-refractivity contribution is 5.50. The van der Waals surface area contributed by atoms with Crippen LogP contribution in [0.3, 0.4) is 0 Å². The van der Waals surface area contributed by atoms with Crippen LogP contribution in [-0.2, 0) is 0 Å². The fourth-order valence-corrected chi connectivity index (χ4v) is 1.81. The third-order valence-corrected chi connectivity index (χ3v) is 3.00. The number of nitro benzene ring substituents is 1. The van der Waals surface area contributed by atoms with Gasteiger partial charge in [-0.05, 0) is 32.4 Å². The fraction of sp³-hybridized carbons (Fsp3) is 0.357. The van der Waals surface area contributed by atoms with Gasteiger partial charge in [0.05, 0.1) is 23.4 Å². The first kappa shape index (κ1) is 15.0. The summed E-state index contributed by atoms with van der Waals surface area (Å²) in [5.41, 5.74) is 0.276. The largest absolute Gasteiger partial charge is 0.447 e. The van der Waals surface area contributed by atoms with Crippen LogP contribution < -0.4 is 4.74 Å². The highest BCUT2D eigenvalue weighted by Gasteiger charge is 2.19. The summed E-state index contributed by atoms with van der Waals surface area (Å²) in [6, 6.07) is 4.56. The average molecular weight is 291 g/mol. The van der Waals surface area contributed by atoms with Crippen molar-refractivity contribution >= 4 is 5.69 Å². The third-order valence-electron chi connectivity index (χ3n) is 3.00. The van der Waals surface area contributed by atoms with Crippen LogP contribution in [0.1, 0.15) is 38.5 Å². The molecule has 1 N–H and O–H groups in total. The summed E-state index contributed by atoms with van der Waals surface area (Å²) in [6.45, 7) is 5.49. The first-order valence-electron chi connectivity index (χ1n) is 6.57. The Kier molecular flexibility index (Phi) is 4.23. The van der Waals surface area contributed by atoms with E-state index in [1.54, 1.807) is 23.9 Å². The SMILES string of the molecule is CC(C)n1cc(Oc2ccc([C@@H](C)O)cc2[N+](=O)[O-])cn1. The maximum atomic E-state index is 11.1. The maximum absolute atomic E-state index is 11.1. The number of ether oxygens (including phenoxy) is 1. The van der Waals surface area contributed by atoms with E-state index in [1.807, 2.05) is 13.8 Å². The van der Waals surface area contributed by atoms with Crippen molar-refractivity contribution < 1.29 is 14.8 Å². The number of aromatic nitrogens is 2. The van der Waals surface area contributed by atoms with Gasteiger partial charge in [0.1, 0.15) is 0 Å². The van der Waals surface area contributed by atoms with Gasteiger partial charge in [-0.1, -0.05) is 6.07 Å². The van der Waals surface area contributed by atoms with E-state index >= 15 is 0 Å². The van der Waals surface area contributed by atoms with Crippen LogP contribution in [0.2, 0.25) is 0 Å². The molecule has 0 radical (unpaired) electrons. The van der Waals surface area contributed by atoms with Gasteiger partial charge in [0.2, 0.25) is 5.75 Å². The summed E-state index contributed by atoms with van der Waals surface area (Å²) < 4.78 is 7.23. The number of aliphatic hydroxyl groups is 1. The predicted molar refractivity (Wildman–Crippen MR) is 76.4 cm³/mol. The molecule has 7 nitrogen and oxygen atoms in total. The molecular formula is C14H17N3O4. The van der Waals surface area contributed by atoms with Gasteiger partial charge in [-0.25, -0.2) is 0 Å². The molecule has 0 aliphatic heterocycles. The molecule has 1 heterocycles. The van der Waals surface area contributed by atoms with Crippen molar-refractivity contribution in [3.05, 3.63) is 46.3 Å². The zero-order valence-electron chi connectivity index (χ0n) is 12.1. The van der Waals surface area contributed by atoms with Gasteiger partial charge >= 0.3 is 5.69 Å². The Morgan fingerprint density at radius 1 is 1.38 bits per heavy atom. The Hall–Kier alpha value is -2.41. The van der Waals surface area contributed by atoms with Gasteiger partial charge < -0.3 is 9.84 Å². The molecule has 2 aromatic rings. The van der Waals surface area contributed by atoms with Crippen molar-refractivity contribution in [2.24, 2.45) is 0 Å². The van der Waals surface area contributed by atoms with Crippen LogP contribution in [0.25, 0.3) is 0 Å². The Balaban J connectivity index is 2.32. The minimum Gasteiger partial charge on any atom is -0.447 e. The Bertz CT molecular complexity index is 649. The van der Waals surface area contributed by atoms with Crippen LogP contribution in [0, 0.1) is 10.1 Å². The summed E-state index contributed by atoms with van der Waals surface area (Å²) in [4.78, 5) is 10.6. The lowest BCUT2D eigenvalue weighted by Gasteiger charge is -2.08. The first-order chi connectivity index (χ1) is 9.88. The molecule has 1 atom stereocenters. The summed E-state index contributed by atoms with van der Waals surface area (Å²) >= 11 is 0. The fourth-order valence-electron chi connectivity index (χ4n) is 1.81. The van der Waals surface area contributed by atoms with Crippen molar-refractivity contribution in [3.63, 3.8) is 0 Å². The third kappa shape index (κ3) is 3.38. The lowest BCUT2D eigenvalue weighted by Crippen LogP contribution is -2.00. The molecule has 0 saturated heterocycles. The Labute approximate surface area is 121 Å². The maximum Gasteiger partial charge on any atom is 0.311 e. The van der Waals surface area contributed by atoms with E-state index in [0.717, 1.165) is 0 Å². The molecule has 1 aromatic heterocycles. The van der Waals surface area contributed by atoms with Crippen LogP contribution >= 0.6 is 0 Å². The summed E-state index contributed by atoms with van der Waals surface area (Å²) in [7, 11) is 0. The second-order valence-electron chi connectivity index (χ2n) is 5.01. The summed E-state index contributed by atoms with van der Waals surface area (Å²) in [5.74, 6) is 0.546. The molecule has 0 amide bonds. The smallest absolute Gasteiger partial charge is 0.311 e. The second kappa shape index (κ2) is 5.92. The number of benzene rings is 1. The predicted octanol–water partition coefficient (Wildman–Crippen LogP) is 3.22. The van der Waals surface area contributed by atoms with Crippen molar-refractivity contribution in [3.8, 4) is 11.5 Å². The highest BCUT2D eigenvalue weighted by atomic mass is 16.6. The van der Waals surface area contributed by atoms with Gasteiger partial charge in [-0.15, -0.1) is 0 Å². The monoisotopic (exact) mass is 291 g/mol. The van der Waals surface area contributed by atoms with E-state index in [4.69, 9.17) is 4.74 Å². The van der Waals surface area contributed by atoms with Gasteiger partial charge in [0, 0.05) is 12.1 Å². The molecule has 112 valence electrons. The van der Waals surface area contributed by atoms with Crippen LogP contribution in [0.15, 0.2) is 30.6 Å². The quantitative estimate of drug-likeness (QED) is 0.674. The highest BCUT2D eigenvalue weighted by Crippen LogP contribution is 2.33. The van der Waals surface area contributed by atoms with E-state index in [-0.39, 0.29) is 17.5 Å². The number of nitro groups is 1. The standard InChI is InChI=1S/C14H17N3O4/c1-9(2)16-8-12(7-15-16)21-14-5-4-11(10(3)18)6-13(14)17(19)20/h4-10,18H,1-3H3/t10-/m1/s1. The summed E-state index contributed by atoms with van der Waals surface area (Å²) in [6.07, 6.45) is 2.41. The van der Waals surface area contributed by atoms with Crippen LogP contribution in [0.4, 0.5) is 5.69 Å². The van der Waals surface area contributed by atoms with Gasteiger partial charge in [0.25, 0.3) is 0 Å². The first-order valence-corrected chi connectivity index (χ1v) is 6.57. The molecule has 21 heavy (non-hydrogen) atoms. The number of hydrogen-bond donors (Lipinski definition) is 1. The van der Waals surface area contributed by atoms with Crippen molar-refractivity contribution in [2.75, 3.05) is 0 Å². The molecular weight excluding hydrogens is 274 g/mol. The zero-order valence-corrected chi connectivity index (χ0v) is 12.1. The molecule has 0 bridgehead atoms. The van der Waals surface area contributed by atoms with E-state index in [9.17, 15) is 15.2 Å². The number of nitrogens with zero attached hydrogens (tertiary/aromatic N) is 3. The Morgan fingerprint density at radius 2 is 2.10 bits per heavy atom. The van der Waals surface area contributed by atoms with Crippen LogP contribution in [-0.4, -0.2) is 19.8 Å². The molecule has 0 aliphatic rings. The van der Waals surface area contributed by atoms with Crippen molar-refractivity contribution in [1.82, 2.24) is 9.78 Å². The molecule has 7 heteroatoms. The number of aliphatic hydroxyl groups excluding tert-OH is 1. The van der Waals surface area contributed by atoms with E-state index in [2.05, 4.69) is 5.10 Å². The molecule has 0 fully saturated rings. The number of rotatable bonds is 5. The molecule has 0 saturated carbocycles. The second-order valence-corrected chi connectivity index (χ2v) is 5.01. The molecule has 1 aromatic carbocycles. The van der Waals surface area contributed by atoms with E-state index in [0.29, 0.717) is 11.3 Å². The Morgan fingerprint density at radius 3 is 2.62 bits per heavy atom. The molecule has 2 rings (SSSR count). The summed E-state index contributed by atoms with van der Waals surface area (Å²) in [5, 5.41) is 24.7. The van der Waals surface area contributed by atoms with Crippen LogP contribution in [0.5, 0.6) is 11.5 Å².